The average molecular weight is 495 g/mol. The fraction of sp³-hybridized carbons (Fsp3) is 0.556. The smallest absolute Gasteiger partial charge is 0.410 e. The Morgan fingerprint density at radius 2 is 1.83 bits per heavy atom. The summed E-state index contributed by atoms with van der Waals surface area (Å²) in [5.41, 5.74) is 1.39. The molecule has 1 unspecified atom stereocenters. The fourth-order valence-corrected chi connectivity index (χ4v) is 4.84. The molecule has 0 saturated carbocycles. The first-order valence-corrected chi connectivity index (χ1v) is 12.5. The number of hydrogen-bond donors (Lipinski definition) is 1. The minimum Gasteiger partial charge on any atom is -0.444 e. The van der Waals surface area contributed by atoms with Crippen molar-refractivity contribution in [3.63, 3.8) is 0 Å². The van der Waals surface area contributed by atoms with Gasteiger partial charge in [0.25, 0.3) is 0 Å². The van der Waals surface area contributed by atoms with Crippen LogP contribution in [0.15, 0.2) is 23.0 Å². The van der Waals surface area contributed by atoms with Gasteiger partial charge in [-0.2, -0.15) is 0 Å². The topological polar surface area (TPSA) is 103 Å². The lowest BCUT2D eigenvalue weighted by molar-refractivity contribution is -0.135. The molecule has 3 amide bonds. The number of nitrogens with one attached hydrogen (secondary N) is 1. The van der Waals surface area contributed by atoms with Gasteiger partial charge in [-0.1, -0.05) is 11.8 Å². The summed E-state index contributed by atoms with van der Waals surface area (Å²) >= 11 is 0. The van der Waals surface area contributed by atoms with Crippen LogP contribution in [-0.4, -0.2) is 50.6 Å². The molecule has 2 aromatic rings. The number of benzene rings is 1. The Kier molecular flexibility index (Phi) is 7.25. The zero-order valence-electron chi connectivity index (χ0n) is 21.4. The van der Waals surface area contributed by atoms with Crippen molar-refractivity contribution >= 4 is 28.9 Å². The van der Waals surface area contributed by atoms with Crippen LogP contribution in [0.25, 0.3) is 11.0 Å². The van der Waals surface area contributed by atoms with E-state index in [1.165, 1.54) is 9.13 Å². The maximum Gasteiger partial charge on any atom is 0.410 e. The van der Waals surface area contributed by atoms with E-state index in [-0.39, 0.29) is 24.1 Å². The van der Waals surface area contributed by atoms with Crippen molar-refractivity contribution in [1.82, 2.24) is 19.4 Å². The van der Waals surface area contributed by atoms with Gasteiger partial charge in [0.15, 0.2) is 0 Å². The Morgan fingerprint density at radius 3 is 2.50 bits per heavy atom. The summed E-state index contributed by atoms with van der Waals surface area (Å²) in [6.07, 6.45) is 3.90. The molecule has 2 aliphatic rings. The van der Waals surface area contributed by atoms with Gasteiger partial charge >= 0.3 is 11.8 Å². The zero-order chi connectivity index (χ0) is 26.0. The van der Waals surface area contributed by atoms with Crippen LogP contribution in [0.5, 0.6) is 0 Å². The first kappa shape index (κ1) is 25.5. The van der Waals surface area contributed by atoms with E-state index in [4.69, 9.17) is 4.74 Å². The number of imidazole rings is 1. The number of likely N-dealkylation sites (tertiary alicyclic amines) is 1. The van der Waals surface area contributed by atoms with Crippen molar-refractivity contribution < 1.29 is 19.1 Å². The van der Waals surface area contributed by atoms with Gasteiger partial charge in [-0.05, 0) is 70.6 Å². The molecule has 2 aliphatic heterocycles. The van der Waals surface area contributed by atoms with Crippen LogP contribution < -0.4 is 11.0 Å². The van der Waals surface area contributed by atoms with Crippen molar-refractivity contribution in [3.8, 4) is 11.8 Å². The number of ether oxygens (including phenoxy) is 1. The van der Waals surface area contributed by atoms with Crippen LogP contribution in [0.4, 0.5) is 4.79 Å². The number of nitrogens with zero attached hydrogens (tertiary/aromatic N) is 3. The van der Waals surface area contributed by atoms with Crippen LogP contribution in [0, 0.1) is 17.8 Å². The Balaban J connectivity index is 1.36. The number of amides is 3. The van der Waals surface area contributed by atoms with Gasteiger partial charge in [0.2, 0.25) is 11.8 Å². The van der Waals surface area contributed by atoms with E-state index < -0.39 is 17.6 Å². The summed E-state index contributed by atoms with van der Waals surface area (Å²) in [5.74, 6) is 6.22. The SMILES string of the molecule is Cn1c(=O)n(C2CCC(=O)NC2=O)c2ccc(C#CCCC3CCN(C(=O)OC(C)(C)C)CC3)cc21. The lowest BCUT2D eigenvalue weighted by Crippen LogP contribution is -2.44. The molecule has 9 nitrogen and oxygen atoms in total. The van der Waals surface area contributed by atoms with Crippen LogP contribution >= 0.6 is 0 Å². The number of carbonyl (C=O) groups is 3. The molecule has 1 aromatic carbocycles. The number of hydrogen-bond acceptors (Lipinski definition) is 5. The highest BCUT2D eigenvalue weighted by Gasteiger charge is 2.31. The molecule has 0 aliphatic carbocycles. The van der Waals surface area contributed by atoms with E-state index in [2.05, 4.69) is 17.2 Å². The second-order valence-corrected chi connectivity index (χ2v) is 10.6. The molecule has 0 radical (unpaired) electrons. The van der Waals surface area contributed by atoms with E-state index in [1.807, 2.05) is 39.0 Å². The monoisotopic (exact) mass is 494 g/mol. The number of aryl methyl sites for hydroxylation is 1. The number of aromatic nitrogens is 2. The summed E-state index contributed by atoms with van der Waals surface area (Å²) in [6.45, 7) is 7.05. The number of rotatable bonds is 3. The molecule has 0 bridgehead atoms. The molecule has 2 saturated heterocycles. The molecule has 1 N–H and O–H groups in total. The average Bonchev–Trinajstić information content (AvgIpc) is 3.06. The first-order valence-electron chi connectivity index (χ1n) is 12.5. The molecule has 0 spiro atoms. The van der Waals surface area contributed by atoms with Crippen molar-refractivity contribution in [1.29, 1.82) is 0 Å². The van der Waals surface area contributed by atoms with Crippen LogP contribution in [-0.2, 0) is 21.4 Å². The van der Waals surface area contributed by atoms with E-state index in [0.717, 1.165) is 31.2 Å². The molecular weight excluding hydrogens is 460 g/mol. The van der Waals surface area contributed by atoms with Crippen molar-refractivity contribution in [2.45, 2.75) is 70.9 Å². The summed E-state index contributed by atoms with van der Waals surface area (Å²) in [5, 5.41) is 2.32. The third kappa shape index (κ3) is 5.64. The van der Waals surface area contributed by atoms with Crippen LogP contribution in [0.2, 0.25) is 0 Å². The van der Waals surface area contributed by atoms with Gasteiger partial charge < -0.3 is 9.64 Å². The molecular formula is C27H34N4O5. The summed E-state index contributed by atoms with van der Waals surface area (Å²) in [4.78, 5) is 50.7. The molecule has 192 valence electrons. The third-order valence-electron chi connectivity index (χ3n) is 6.79. The minimum absolute atomic E-state index is 0.211. The lowest BCUT2D eigenvalue weighted by atomic mass is 9.92. The number of imide groups is 1. The molecule has 36 heavy (non-hydrogen) atoms. The van der Waals surface area contributed by atoms with Crippen LogP contribution in [0.1, 0.15) is 70.9 Å². The Morgan fingerprint density at radius 1 is 1.11 bits per heavy atom. The summed E-state index contributed by atoms with van der Waals surface area (Å²) in [7, 11) is 1.67. The third-order valence-corrected chi connectivity index (χ3v) is 6.79. The normalized spacial score (nSPS) is 19.1. The zero-order valence-corrected chi connectivity index (χ0v) is 21.4. The number of fused-ring (bicyclic) bond motifs is 1. The molecule has 2 fully saturated rings. The minimum atomic E-state index is -0.697. The molecule has 1 atom stereocenters. The fourth-order valence-electron chi connectivity index (χ4n) is 4.84. The predicted molar refractivity (Wildman–Crippen MR) is 135 cm³/mol. The second-order valence-electron chi connectivity index (χ2n) is 10.6. The van der Waals surface area contributed by atoms with Crippen molar-refractivity contribution in [2.75, 3.05) is 13.1 Å². The Hall–Kier alpha value is -3.54. The van der Waals surface area contributed by atoms with Gasteiger partial charge in [-0.15, -0.1) is 0 Å². The molecule has 3 heterocycles. The highest BCUT2D eigenvalue weighted by Crippen LogP contribution is 2.25. The second kappa shape index (κ2) is 10.2. The predicted octanol–water partition coefficient (Wildman–Crippen LogP) is 3.10. The van der Waals surface area contributed by atoms with Gasteiger partial charge in [0.05, 0.1) is 11.0 Å². The molecule has 4 rings (SSSR count). The first-order chi connectivity index (χ1) is 17.0. The van der Waals surface area contributed by atoms with Crippen LogP contribution in [0.3, 0.4) is 0 Å². The van der Waals surface area contributed by atoms with Crippen molar-refractivity contribution in [3.05, 3.63) is 34.2 Å². The quantitative estimate of drug-likeness (QED) is 0.522. The summed E-state index contributed by atoms with van der Waals surface area (Å²) < 4.78 is 8.45. The largest absolute Gasteiger partial charge is 0.444 e. The maximum absolute atomic E-state index is 12.9. The summed E-state index contributed by atoms with van der Waals surface area (Å²) in [6, 6.07) is 4.84. The van der Waals surface area contributed by atoms with Gasteiger partial charge in [-0.3, -0.25) is 24.0 Å². The van der Waals surface area contributed by atoms with E-state index in [9.17, 15) is 19.2 Å². The van der Waals surface area contributed by atoms with E-state index in [1.54, 1.807) is 11.9 Å². The lowest BCUT2D eigenvalue weighted by Gasteiger charge is -2.33. The van der Waals surface area contributed by atoms with E-state index in [0.29, 0.717) is 36.5 Å². The van der Waals surface area contributed by atoms with Gasteiger partial charge in [-0.25, -0.2) is 9.59 Å². The highest BCUT2D eigenvalue weighted by molar-refractivity contribution is 6.00. The van der Waals surface area contributed by atoms with Crippen molar-refractivity contribution in [2.24, 2.45) is 13.0 Å². The van der Waals surface area contributed by atoms with Gasteiger partial charge in [0.1, 0.15) is 11.6 Å². The molecule has 1 aromatic heterocycles. The number of piperidine rings is 2. The number of carbonyl (C=O) groups excluding carboxylic acids is 3. The Bertz CT molecular complexity index is 1300. The molecule has 9 heteroatoms. The van der Waals surface area contributed by atoms with Gasteiger partial charge in [0, 0.05) is 38.5 Å². The standard InChI is InChI=1S/C27H34N4O5/c1-27(2,3)36-26(35)30-15-13-18(14-16-30)7-5-6-8-19-9-10-20-22(17-19)29(4)25(34)31(20)21-11-12-23(32)28-24(21)33/h9-10,17-18,21H,5,7,11-16H2,1-4H3,(H,28,32,33). The Labute approximate surface area is 210 Å². The maximum atomic E-state index is 12.9. The highest BCUT2D eigenvalue weighted by atomic mass is 16.6. The van der Waals surface area contributed by atoms with E-state index >= 15 is 0 Å².